The van der Waals surface area contributed by atoms with Crippen molar-refractivity contribution < 1.29 is 13.2 Å². The van der Waals surface area contributed by atoms with E-state index in [0.29, 0.717) is 22.5 Å². The predicted octanol–water partition coefficient (Wildman–Crippen LogP) is 3.99. The Labute approximate surface area is 172 Å². The average molecular weight is 433 g/mol. The Kier molecular flexibility index (Phi) is 8.31. The molecule has 2 rings (SSSR count). The summed E-state index contributed by atoms with van der Waals surface area (Å²) >= 11 is 8.04. The molecule has 1 aliphatic rings. The predicted molar refractivity (Wildman–Crippen MR) is 115 cm³/mol. The number of thioether (sulfide) groups is 1. The lowest BCUT2D eigenvalue weighted by molar-refractivity contribution is -0.121. The van der Waals surface area contributed by atoms with E-state index in [2.05, 4.69) is 5.32 Å². The van der Waals surface area contributed by atoms with E-state index in [4.69, 9.17) is 11.6 Å². The third kappa shape index (κ3) is 6.57. The molecule has 1 aromatic carbocycles. The molecule has 1 amide bonds. The van der Waals surface area contributed by atoms with E-state index in [1.807, 2.05) is 18.7 Å². The van der Waals surface area contributed by atoms with Crippen molar-refractivity contribution >= 4 is 45.0 Å². The van der Waals surface area contributed by atoms with Crippen LogP contribution in [-0.2, 0) is 14.8 Å². The zero-order valence-corrected chi connectivity index (χ0v) is 18.6. The lowest BCUT2D eigenvalue weighted by atomic mass is 10.0. The van der Waals surface area contributed by atoms with Gasteiger partial charge in [-0.25, -0.2) is 8.42 Å². The Morgan fingerprint density at radius 2 is 2.00 bits per heavy atom. The molecular formula is C19H29ClN2O3S2. The quantitative estimate of drug-likeness (QED) is 0.631. The van der Waals surface area contributed by atoms with Crippen molar-refractivity contribution in [1.29, 1.82) is 0 Å². The second-order valence-corrected chi connectivity index (χ2v) is 10.8. The Morgan fingerprint density at radius 3 is 2.59 bits per heavy atom. The highest BCUT2D eigenvalue weighted by molar-refractivity contribution is 7.99. The van der Waals surface area contributed by atoms with Gasteiger partial charge in [0.25, 0.3) is 0 Å². The van der Waals surface area contributed by atoms with Crippen LogP contribution in [0.25, 0.3) is 0 Å². The molecule has 5 nitrogen and oxygen atoms in total. The molecular weight excluding hydrogens is 404 g/mol. The summed E-state index contributed by atoms with van der Waals surface area (Å²) in [7, 11) is -3.63. The maximum absolute atomic E-state index is 12.5. The molecule has 1 aromatic rings. The van der Waals surface area contributed by atoms with Crippen molar-refractivity contribution in [2.24, 2.45) is 0 Å². The first-order valence-electron chi connectivity index (χ1n) is 9.35. The van der Waals surface area contributed by atoms with E-state index >= 15 is 0 Å². The SMILES string of the molecule is Cc1ccc(N([C@@H](C)C(=O)NCCSC2CCCCC2)S(C)(=O)=O)cc1Cl. The van der Waals surface area contributed by atoms with Crippen LogP contribution in [0.15, 0.2) is 18.2 Å². The number of nitrogens with one attached hydrogen (secondary N) is 1. The third-order valence-corrected chi connectivity index (χ3v) is 7.84. The van der Waals surface area contributed by atoms with Gasteiger partial charge < -0.3 is 5.32 Å². The summed E-state index contributed by atoms with van der Waals surface area (Å²) in [5, 5.41) is 4.03. The molecule has 1 aliphatic carbocycles. The van der Waals surface area contributed by atoms with Crippen LogP contribution in [0.4, 0.5) is 5.69 Å². The van der Waals surface area contributed by atoms with Crippen molar-refractivity contribution in [2.75, 3.05) is 22.9 Å². The molecule has 0 saturated heterocycles. The Balaban J connectivity index is 1.96. The summed E-state index contributed by atoms with van der Waals surface area (Å²) in [5.74, 6) is 0.541. The molecule has 1 saturated carbocycles. The zero-order valence-electron chi connectivity index (χ0n) is 16.2. The number of amides is 1. The standard InChI is InChI=1S/C19H29ClN2O3S2/c1-14-9-10-16(13-18(14)20)22(27(3,24)25)15(2)19(23)21-11-12-26-17-7-5-4-6-8-17/h9-10,13,15,17H,4-8,11-12H2,1-3H3,(H,21,23)/t15-/m0/s1. The first-order valence-corrected chi connectivity index (χ1v) is 12.6. The molecule has 1 atom stereocenters. The second-order valence-electron chi connectivity index (χ2n) is 7.09. The topological polar surface area (TPSA) is 66.5 Å². The average Bonchev–Trinajstić information content (AvgIpc) is 2.61. The van der Waals surface area contributed by atoms with E-state index in [0.717, 1.165) is 21.9 Å². The van der Waals surface area contributed by atoms with Crippen LogP contribution in [0, 0.1) is 6.92 Å². The molecule has 0 heterocycles. The van der Waals surface area contributed by atoms with Crippen molar-refractivity contribution in [1.82, 2.24) is 5.32 Å². The number of carbonyl (C=O) groups excluding carboxylic acids is 1. The number of carbonyl (C=O) groups is 1. The van der Waals surface area contributed by atoms with Gasteiger partial charge in [0.05, 0.1) is 11.9 Å². The normalized spacial score (nSPS) is 16.7. The van der Waals surface area contributed by atoms with Crippen molar-refractivity contribution in [3.63, 3.8) is 0 Å². The Bertz CT molecular complexity index is 749. The number of benzene rings is 1. The first kappa shape index (κ1) is 22.4. The van der Waals surface area contributed by atoms with Gasteiger partial charge in [-0.2, -0.15) is 11.8 Å². The Morgan fingerprint density at radius 1 is 1.33 bits per heavy atom. The monoisotopic (exact) mass is 432 g/mol. The van der Waals surface area contributed by atoms with E-state index in [9.17, 15) is 13.2 Å². The summed E-state index contributed by atoms with van der Waals surface area (Å²) in [6, 6.07) is 4.16. The summed E-state index contributed by atoms with van der Waals surface area (Å²) in [6.07, 6.45) is 7.53. The summed E-state index contributed by atoms with van der Waals surface area (Å²) < 4.78 is 25.7. The minimum absolute atomic E-state index is 0.304. The van der Waals surface area contributed by atoms with Gasteiger partial charge in [0, 0.05) is 22.6 Å². The van der Waals surface area contributed by atoms with E-state index in [-0.39, 0.29) is 5.91 Å². The molecule has 0 radical (unpaired) electrons. The molecule has 0 spiro atoms. The van der Waals surface area contributed by atoms with E-state index < -0.39 is 16.1 Å². The highest BCUT2D eigenvalue weighted by Crippen LogP contribution is 2.28. The second kappa shape index (κ2) is 10.0. The van der Waals surface area contributed by atoms with Crippen LogP contribution in [0.3, 0.4) is 0 Å². The van der Waals surface area contributed by atoms with Gasteiger partial charge in [0.15, 0.2) is 0 Å². The minimum Gasteiger partial charge on any atom is -0.353 e. The van der Waals surface area contributed by atoms with Gasteiger partial charge in [0.2, 0.25) is 15.9 Å². The van der Waals surface area contributed by atoms with Gasteiger partial charge in [-0.3, -0.25) is 9.10 Å². The highest BCUT2D eigenvalue weighted by Gasteiger charge is 2.29. The summed E-state index contributed by atoms with van der Waals surface area (Å²) in [4.78, 5) is 12.5. The van der Waals surface area contributed by atoms with Gasteiger partial charge in [-0.1, -0.05) is 36.9 Å². The number of hydrogen-bond acceptors (Lipinski definition) is 4. The molecule has 27 heavy (non-hydrogen) atoms. The maximum atomic E-state index is 12.5. The molecule has 0 unspecified atom stereocenters. The number of nitrogens with zero attached hydrogens (tertiary/aromatic N) is 1. The molecule has 152 valence electrons. The van der Waals surface area contributed by atoms with Crippen LogP contribution in [0.5, 0.6) is 0 Å². The fraction of sp³-hybridized carbons (Fsp3) is 0.632. The number of hydrogen-bond donors (Lipinski definition) is 1. The first-order chi connectivity index (χ1) is 12.7. The van der Waals surface area contributed by atoms with Crippen LogP contribution in [0.1, 0.15) is 44.6 Å². The Hall–Kier alpha value is -0.920. The van der Waals surface area contributed by atoms with Gasteiger partial charge in [-0.05, 0) is 44.4 Å². The number of rotatable bonds is 8. The van der Waals surface area contributed by atoms with Crippen molar-refractivity contribution in [2.45, 2.75) is 57.2 Å². The zero-order chi connectivity index (χ0) is 20.0. The van der Waals surface area contributed by atoms with Crippen LogP contribution >= 0.6 is 23.4 Å². The fourth-order valence-electron chi connectivity index (χ4n) is 3.31. The van der Waals surface area contributed by atoms with E-state index in [1.54, 1.807) is 25.1 Å². The molecule has 0 aliphatic heterocycles. The number of halogens is 1. The van der Waals surface area contributed by atoms with Crippen LogP contribution in [0.2, 0.25) is 5.02 Å². The molecule has 0 aromatic heterocycles. The van der Waals surface area contributed by atoms with Crippen LogP contribution < -0.4 is 9.62 Å². The molecule has 0 bridgehead atoms. The van der Waals surface area contributed by atoms with Crippen molar-refractivity contribution in [3.8, 4) is 0 Å². The summed E-state index contributed by atoms with van der Waals surface area (Å²) in [6.45, 7) is 3.98. The molecule has 8 heteroatoms. The van der Waals surface area contributed by atoms with Crippen LogP contribution in [-0.4, -0.2) is 44.2 Å². The number of sulfonamides is 1. The minimum atomic E-state index is -3.63. The largest absolute Gasteiger partial charge is 0.353 e. The highest BCUT2D eigenvalue weighted by atomic mass is 35.5. The van der Waals surface area contributed by atoms with E-state index in [1.165, 1.54) is 32.1 Å². The lowest BCUT2D eigenvalue weighted by Crippen LogP contribution is -2.48. The fourth-order valence-corrected chi connectivity index (χ4v) is 5.87. The number of aryl methyl sites for hydroxylation is 1. The smallest absolute Gasteiger partial charge is 0.243 e. The number of anilines is 1. The molecule has 1 fully saturated rings. The third-order valence-electron chi connectivity index (χ3n) is 4.81. The summed E-state index contributed by atoms with van der Waals surface area (Å²) in [5.41, 5.74) is 1.25. The lowest BCUT2D eigenvalue weighted by Gasteiger charge is -2.28. The molecule has 1 N–H and O–H groups in total. The van der Waals surface area contributed by atoms with Crippen molar-refractivity contribution in [3.05, 3.63) is 28.8 Å². The van der Waals surface area contributed by atoms with Gasteiger partial charge in [-0.15, -0.1) is 0 Å². The van der Waals surface area contributed by atoms with Gasteiger partial charge >= 0.3 is 0 Å². The van der Waals surface area contributed by atoms with Gasteiger partial charge in [0.1, 0.15) is 6.04 Å². The maximum Gasteiger partial charge on any atom is 0.243 e.